The van der Waals surface area contributed by atoms with E-state index in [2.05, 4.69) is 27.6 Å². The first-order valence-corrected chi connectivity index (χ1v) is 16.3. The third-order valence-electron chi connectivity index (χ3n) is 8.06. The van der Waals surface area contributed by atoms with Crippen LogP contribution in [0, 0.1) is 6.92 Å². The van der Waals surface area contributed by atoms with Gasteiger partial charge in [-0.3, -0.25) is 14.4 Å². The van der Waals surface area contributed by atoms with Crippen molar-refractivity contribution in [3.63, 3.8) is 0 Å². The Bertz CT molecular complexity index is 1790. The van der Waals surface area contributed by atoms with Gasteiger partial charge in [-0.05, 0) is 106 Å². The third kappa shape index (κ3) is 8.10. The van der Waals surface area contributed by atoms with Gasteiger partial charge in [0.2, 0.25) is 0 Å². The molecule has 252 valence electrons. The van der Waals surface area contributed by atoms with E-state index < -0.39 is 23.4 Å². The first-order chi connectivity index (χ1) is 22.1. The van der Waals surface area contributed by atoms with Crippen LogP contribution in [-0.4, -0.2) is 73.7 Å². The lowest BCUT2D eigenvalue weighted by Gasteiger charge is -2.24. The predicted octanol–water partition coefficient (Wildman–Crippen LogP) is 6.80. The smallest absolute Gasteiger partial charge is 0.419 e. The van der Waals surface area contributed by atoms with Gasteiger partial charge in [-0.25, -0.2) is 19.1 Å². The summed E-state index contributed by atoms with van der Waals surface area (Å²) in [6.45, 7) is 15.1. The van der Waals surface area contributed by atoms with E-state index in [1.165, 1.54) is 0 Å². The second-order valence-corrected chi connectivity index (χ2v) is 14.3. The van der Waals surface area contributed by atoms with E-state index in [9.17, 15) is 14.4 Å². The fraction of sp³-hybridized carbons (Fsp3) is 0.514. The quantitative estimate of drug-likeness (QED) is 0.200. The standard InChI is InChI=1S/C35H47N7O5/c1-22-25-14-13-23(18-28(25)41(39-22)17-10-9-15-36-32(44)46-34(2,3)4)31(43)38-30-20-27-24(21-37-30)19-29(26-12-11-16-40(26)8)42(27)33(45)47-35(5,6)7/h13-14,18-21,26H,9-12,15-17H2,1-8H3,(H,36,44)(H,37,38,43)/t26-/m1/s1. The molecular formula is C35H47N7O5. The minimum absolute atomic E-state index is 0.0780. The Hall–Kier alpha value is -4.45. The lowest BCUT2D eigenvalue weighted by Crippen LogP contribution is -2.33. The number of ether oxygens (including phenoxy) is 2. The minimum atomic E-state index is -0.670. The highest BCUT2D eigenvalue weighted by atomic mass is 16.6. The zero-order valence-corrected chi connectivity index (χ0v) is 28.8. The minimum Gasteiger partial charge on any atom is -0.444 e. The summed E-state index contributed by atoms with van der Waals surface area (Å²) < 4.78 is 14.6. The summed E-state index contributed by atoms with van der Waals surface area (Å²) in [6.07, 6.45) is 4.31. The van der Waals surface area contributed by atoms with E-state index in [4.69, 9.17) is 14.6 Å². The monoisotopic (exact) mass is 645 g/mol. The zero-order valence-electron chi connectivity index (χ0n) is 28.8. The molecule has 0 aliphatic carbocycles. The molecular weight excluding hydrogens is 598 g/mol. The molecule has 12 heteroatoms. The third-order valence-corrected chi connectivity index (χ3v) is 8.06. The van der Waals surface area contributed by atoms with E-state index >= 15 is 0 Å². The summed E-state index contributed by atoms with van der Waals surface area (Å²) >= 11 is 0. The molecule has 1 aliphatic heterocycles. The van der Waals surface area contributed by atoms with Crippen molar-refractivity contribution in [2.24, 2.45) is 0 Å². The number of amides is 2. The number of aromatic nitrogens is 4. The summed E-state index contributed by atoms with van der Waals surface area (Å²) in [4.78, 5) is 45.7. The first kappa shape index (κ1) is 33.9. The number of aryl methyl sites for hydroxylation is 2. The molecule has 1 atom stereocenters. The van der Waals surface area contributed by atoms with Crippen LogP contribution >= 0.6 is 0 Å². The predicted molar refractivity (Wildman–Crippen MR) is 182 cm³/mol. The fourth-order valence-electron chi connectivity index (χ4n) is 5.96. The Balaban J connectivity index is 1.33. The maximum absolute atomic E-state index is 13.5. The van der Waals surface area contributed by atoms with E-state index in [1.54, 1.807) is 22.9 Å². The molecule has 3 aromatic heterocycles. The van der Waals surface area contributed by atoms with Gasteiger partial charge in [0.05, 0.1) is 22.8 Å². The number of hydrogen-bond donors (Lipinski definition) is 2. The van der Waals surface area contributed by atoms with Crippen LogP contribution in [0.2, 0.25) is 0 Å². The van der Waals surface area contributed by atoms with E-state index in [0.29, 0.717) is 30.0 Å². The van der Waals surface area contributed by atoms with Crippen molar-refractivity contribution >= 4 is 45.7 Å². The fourth-order valence-corrected chi connectivity index (χ4v) is 5.96. The molecule has 0 unspecified atom stereocenters. The number of anilines is 1. The topological polar surface area (TPSA) is 133 Å². The number of fused-ring (bicyclic) bond motifs is 2. The number of nitrogens with zero attached hydrogens (tertiary/aromatic N) is 5. The highest BCUT2D eigenvalue weighted by Gasteiger charge is 2.31. The molecule has 4 aromatic rings. The number of nitrogens with one attached hydrogen (secondary N) is 2. The number of rotatable bonds is 8. The van der Waals surface area contributed by atoms with Gasteiger partial charge in [-0.1, -0.05) is 6.07 Å². The second-order valence-electron chi connectivity index (χ2n) is 14.3. The van der Waals surface area contributed by atoms with Crippen LogP contribution in [0.15, 0.2) is 36.5 Å². The SMILES string of the molecule is Cc1nn(CCCCNC(=O)OC(C)(C)C)c2cc(C(=O)Nc3cc4c(cn3)cc([C@H]3CCCN3C)n4C(=O)OC(C)(C)C)ccc12. The lowest BCUT2D eigenvalue weighted by atomic mass is 10.1. The highest BCUT2D eigenvalue weighted by Crippen LogP contribution is 2.35. The van der Waals surface area contributed by atoms with E-state index in [1.807, 2.05) is 71.3 Å². The molecule has 12 nitrogen and oxygen atoms in total. The van der Waals surface area contributed by atoms with Crippen molar-refractivity contribution in [1.29, 1.82) is 0 Å². The van der Waals surface area contributed by atoms with Gasteiger partial charge in [-0.2, -0.15) is 5.10 Å². The molecule has 1 saturated heterocycles. The largest absolute Gasteiger partial charge is 0.444 e. The van der Waals surface area contributed by atoms with Gasteiger partial charge in [0.1, 0.15) is 17.0 Å². The van der Waals surface area contributed by atoms with Crippen LogP contribution in [0.1, 0.15) is 95.0 Å². The van der Waals surface area contributed by atoms with Gasteiger partial charge >= 0.3 is 12.2 Å². The van der Waals surface area contributed by atoms with Crippen molar-refractivity contribution in [1.82, 2.24) is 29.5 Å². The highest BCUT2D eigenvalue weighted by molar-refractivity contribution is 6.06. The average Bonchev–Trinajstić information content (AvgIpc) is 3.65. The van der Waals surface area contributed by atoms with Crippen LogP contribution in [0.5, 0.6) is 0 Å². The zero-order chi connectivity index (χ0) is 34.1. The molecule has 1 aromatic carbocycles. The number of pyridine rings is 1. The number of unbranched alkanes of at least 4 members (excludes halogenated alkanes) is 1. The van der Waals surface area contributed by atoms with Crippen molar-refractivity contribution in [3.8, 4) is 0 Å². The van der Waals surface area contributed by atoms with Gasteiger partial charge in [0.25, 0.3) is 5.91 Å². The van der Waals surface area contributed by atoms with Crippen molar-refractivity contribution < 1.29 is 23.9 Å². The number of hydrogen-bond acceptors (Lipinski definition) is 8. The summed E-state index contributed by atoms with van der Waals surface area (Å²) in [5.41, 5.74) is 2.46. The van der Waals surface area contributed by atoms with Crippen molar-refractivity contribution in [2.75, 3.05) is 25.5 Å². The molecule has 0 radical (unpaired) electrons. The van der Waals surface area contributed by atoms with Gasteiger partial charge in [-0.15, -0.1) is 0 Å². The average molecular weight is 646 g/mol. The molecule has 5 rings (SSSR count). The van der Waals surface area contributed by atoms with Crippen LogP contribution in [0.25, 0.3) is 21.8 Å². The van der Waals surface area contributed by atoms with Crippen molar-refractivity contribution in [3.05, 3.63) is 53.5 Å². The second kappa shape index (κ2) is 13.3. The molecule has 47 heavy (non-hydrogen) atoms. The molecule has 0 saturated carbocycles. The van der Waals surface area contributed by atoms with Gasteiger partial charge < -0.3 is 20.1 Å². The van der Waals surface area contributed by atoms with Crippen LogP contribution in [0.3, 0.4) is 0 Å². The van der Waals surface area contributed by atoms with Crippen LogP contribution in [-0.2, 0) is 16.0 Å². The Kier molecular flexibility index (Phi) is 9.63. The molecule has 1 aliphatic rings. The Labute approximate surface area is 275 Å². The molecule has 0 spiro atoms. The Morgan fingerprint density at radius 2 is 1.72 bits per heavy atom. The number of benzene rings is 1. The maximum Gasteiger partial charge on any atom is 0.419 e. The summed E-state index contributed by atoms with van der Waals surface area (Å²) in [5.74, 6) is 0.0100. The first-order valence-electron chi connectivity index (χ1n) is 16.3. The van der Waals surface area contributed by atoms with E-state index in [-0.39, 0.29) is 11.9 Å². The van der Waals surface area contributed by atoms with Gasteiger partial charge in [0, 0.05) is 47.4 Å². The van der Waals surface area contributed by atoms with Crippen LogP contribution < -0.4 is 10.6 Å². The molecule has 2 amide bonds. The summed E-state index contributed by atoms with van der Waals surface area (Å²) in [6, 6.07) is 9.32. The molecule has 2 N–H and O–H groups in total. The lowest BCUT2D eigenvalue weighted by molar-refractivity contribution is 0.0518. The molecule has 4 heterocycles. The number of carbonyl (C=O) groups is 3. The molecule has 0 bridgehead atoms. The Morgan fingerprint density at radius 1 is 0.979 bits per heavy atom. The summed E-state index contributed by atoms with van der Waals surface area (Å²) in [7, 11) is 2.06. The summed E-state index contributed by atoms with van der Waals surface area (Å²) in [5, 5.41) is 12.2. The normalized spacial score (nSPS) is 15.7. The maximum atomic E-state index is 13.5. The van der Waals surface area contributed by atoms with Crippen LogP contribution in [0.4, 0.5) is 15.4 Å². The van der Waals surface area contributed by atoms with Crippen molar-refractivity contribution in [2.45, 2.75) is 97.9 Å². The number of alkyl carbamates (subject to hydrolysis) is 1. The number of likely N-dealkylation sites (tertiary alicyclic amines) is 1. The van der Waals surface area contributed by atoms with Gasteiger partial charge in [0.15, 0.2) is 0 Å². The molecule has 1 fully saturated rings. The number of carbonyl (C=O) groups excluding carboxylic acids is 3. The Morgan fingerprint density at radius 3 is 2.40 bits per heavy atom. The van der Waals surface area contributed by atoms with E-state index in [0.717, 1.165) is 59.9 Å².